The van der Waals surface area contributed by atoms with Crippen LogP contribution in [0, 0.1) is 11.7 Å². The molecule has 2 aliphatic rings. The molecule has 130 valence electrons. The number of nitrogens with one attached hydrogen (secondary N) is 1. The van der Waals surface area contributed by atoms with Crippen molar-refractivity contribution < 1.29 is 9.18 Å². The Morgan fingerprint density at radius 3 is 2.60 bits per heavy atom. The molecule has 2 aromatic rings. The van der Waals surface area contributed by atoms with E-state index in [0.29, 0.717) is 24.2 Å². The number of likely N-dealkylation sites (tertiary alicyclic amines) is 1. The highest BCUT2D eigenvalue weighted by molar-refractivity contribution is 5.88. The van der Waals surface area contributed by atoms with Gasteiger partial charge in [-0.25, -0.2) is 9.18 Å². The van der Waals surface area contributed by atoms with Gasteiger partial charge in [-0.1, -0.05) is 12.1 Å². The van der Waals surface area contributed by atoms with Gasteiger partial charge >= 0.3 is 6.03 Å². The minimum Gasteiger partial charge on any atom is -0.324 e. The Labute approximate surface area is 146 Å². The molecular weight excluding hydrogens is 319 g/mol. The van der Waals surface area contributed by atoms with Crippen molar-refractivity contribution in [3.05, 3.63) is 53.5 Å². The third kappa shape index (κ3) is 3.95. The van der Waals surface area contributed by atoms with E-state index in [1.807, 2.05) is 29.2 Å². The number of urea groups is 1. The van der Waals surface area contributed by atoms with Crippen molar-refractivity contribution in [1.29, 1.82) is 0 Å². The van der Waals surface area contributed by atoms with Gasteiger partial charge in [0.1, 0.15) is 5.82 Å². The molecule has 1 aromatic carbocycles. The molecule has 1 aliphatic heterocycles. The van der Waals surface area contributed by atoms with Crippen LogP contribution in [0.5, 0.6) is 0 Å². The van der Waals surface area contributed by atoms with Crippen LogP contribution in [0.2, 0.25) is 0 Å². The number of halogens is 1. The van der Waals surface area contributed by atoms with Crippen molar-refractivity contribution in [3.8, 4) is 0 Å². The Morgan fingerprint density at radius 1 is 1.12 bits per heavy atom. The maximum atomic E-state index is 13.0. The highest BCUT2D eigenvalue weighted by Crippen LogP contribution is 2.38. The summed E-state index contributed by atoms with van der Waals surface area (Å²) in [5.41, 5.74) is 2.12. The Hall–Kier alpha value is -2.50. The van der Waals surface area contributed by atoms with Gasteiger partial charge in [0, 0.05) is 19.0 Å². The molecule has 2 amide bonds. The van der Waals surface area contributed by atoms with E-state index in [9.17, 15) is 9.18 Å². The van der Waals surface area contributed by atoms with E-state index in [0.717, 1.165) is 30.6 Å². The van der Waals surface area contributed by atoms with E-state index in [1.165, 1.54) is 25.0 Å². The maximum Gasteiger partial charge on any atom is 0.323 e. The predicted octanol–water partition coefficient (Wildman–Crippen LogP) is 3.59. The molecule has 2 fully saturated rings. The largest absolute Gasteiger partial charge is 0.324 e. The number of hydrogen-bond donors (Lipinski definition) is 1. The summed E-state index contributed by atoms with van der Waals surface area (Å²) >= 11 is 0. The first-order valence-electron chi connectivity index (χ1n) is 8.81. The molecule has 5 nitrogen and oxygen atoms in total. The lowest BCUT2D eigenvalue weighted by molar-refractivity contribution is 0.220. The molecule has 2 heterocycles. The molecule has 4 rings (SSSR count). The van der Waals surface area contributed by atoms with Crippen LogP contribution in [0.4, 0.5) is 15.0 Å². The summed E-state index contributed by atoms with van der Waals surface area (Å²) in [6.45, 7) is 1.43. The zero-order valence-corrected chi connectivity index (χ0v) is 14.0. The van der Waals surface area contributed by atoms with Gasteiger partial charge in [0.2, 0.25) is 0 Å². The van der Waals surface area contributed by atoms with Crippen LogP contribution in [-0.4, -0.2) is 34.2 Å². The van der Waals surface area contributed by atoms with Crippen LogP contribution < -0.4 is 5.32 Å². The number of rotatable bonds is 4. The molecule has 1 aromatic heterocycles. The summed E-state index contributed by atoms with van der Waals surface area (Å²) in [4.78, 5) is 14.2. The average Bonchev–Trinajstić information content (AvgIpc) is 3.36. The maximum absolute atomic E-state index is 13.0. The van der Waals surface area contributed by atoms with Gasteiger partial charge in [0.05, 0.1) is 5.69 Å². The van der Waals surface area contributed by atoms with E-state index in [2.05, 4.69) is 15.5 Å². The van der Waals surface area contributed by atoms with Crippen LogP contribution in [0.1, 0.15) is 36.4 Å². The Morgan fingerprint density at radius 2 is 1.92 bits per heavy atom. The van der Waals surface area contributed by atoms with Gasteiger partial charge in [-0.2, -0.15) is 5.10 Å². The molecule has 1 N–H and O–H groups in total. The van der Waals surface area contributed by atoms with E-state index in [1.54, 1.807) is 0 Å². The number of aromatic nitrogens is 2. The van der Waals surface area contributed by atoms with Crippen molar-refractivity contribution in [3.63, 3.8) is 0 Å². The number of nitrogens with zero attached hydrogens (tertiary/aromatic N) is 3. The van der Waals surface area contributed by atoms with Crippen LogP contribution >= 0.6 is 0 Å². The molecule has 0 spiro atoms. The average molecular weight is 340 g/mol. The van der Waals surface area contributed by atoms with Crippen LogP contribution in [0.25, 0.3) is 0 Å². The van der Waals surface area contributed by atoms with Crippen LogP contribution in [0.15, 0.2) is 36.4 Å². The van der Waals surface area contributed by atoms with Crippen LogP contribution in [0.3, 0.4) is 0 Å². The topological polar surface area (TPSA) is 58.1 Å². The summed E-state index contributed by atoms with van der Waals surface area (Å²) < 4.78 is 13.0. The summed E-state index contributed by atoms with van der Waals surface area (Å²) in [6, 6.07) is 10.2. The summed E-state index contributed by atoms with van der Waals surface area (Å²) in [7, 11) is 0. The second-order valence-corrected chi connectivity index (χ2v) is 6.98. The Kier molecular flexibility index (Phi) is 4.34. The van der Waals surface area contributed by atoms with Crippen molar-refractivity contribution in [1.82, 2.24) is 15.1 Å². The molecule has 0 bridgehead atoms. The molecule has 1 saturated carbocycles. The van der Waals surface area contributed by atoms with Gasteiger partial charge in [-0.3, -0.25) is 5.32 Å². The normalized spacial score (nSPS) is 19.9. The number of carbonyl (C=O) groups is 1. The van der Waals surface area contributed by atoms with Gasteiger partial charge in [0.25, 0.3) is 0 Å². The lowest BCUT2D eigenvalue weighted by atomic mass is 9.99. The van der Waals surface area contributed by atoms with Crippen LogP contribution in [-0.2, 0) is 6.42 Å². The van der Waals surface area contributed by atoms with Gasteiger partial charge < -0.3 is 4.90 Å². The molecular formula is C19H21FN4O. The number of hydrogen-bond acceptors (Lipinski definition) is 3. The smallest absolute Gasteiger partial charge is 0.323 e. The third-order valence-electron chi connectivity index (χ3n) is 4.93. The lowest BCUT2D eigenvalue weighted by Gasteiger charge is -2.17. The second-order valence-electron chi connectivity index (χ2n) is 6.98. The Bertz CT molecular complexity index is 743. The SMILES string of the molecule is O=C(Nc1ccc(C2CC2)nn1)N1CCC(Cc2ccc(F)cc2)C1. The van der Waals surface area contributed by atoms with Crippen molar-refractivity contribution in [2.45, 2.75) is 31.6 Å². The molecule has 1 unspecified atom stereocenters. The molecule has 6 heteroatoms. The minimum atomic E-state index is -0.218. The highest BCUT2D eigenvalue weighted by Gasteiger charge is 2.27. The van der Waals surface area contributed by atoms with E-state index >= 15 is 0 Å². The Balaban J connectivity index is 1.30. The van der Waals surface area contributed by atoms with E-state index < -0.39 is 0 Å². The van der Waals surface area contributed by atoms with Gasteiger partial charge in [0.15, 0.2) is 5.82 Å². The second kappa shape index (κ2) is 6.78. The highest BCUT2D eigenvalue weighted by atomic mass is 19.1. The molecule has 25 heavy (non-hydrogen) atoms. The fourth-order valence-electron chi connectivity index (χ4n) is 3.33. The minimum absolute atomic E-state index is 0.130. The standard InChI is InChI=1S/C19H21FN4O/c20-16-5-1-13(2-6-16)11-14-9-10-24(12-14)19(25)21-18-8-7-17(22-23-18)15-3-4-15/h1-2,5-8,14-15H,3-4,9-12H2,(H,21,23,25). The van der Waals surface area contributed by atoms with E-state index in [-0.39, 0.29) is 11.8 Å². The molecule has 1 saturated heterocycles. The number of benzene rings is 1. The van der Waals surface area contributed by atoms with Crippen molar-refractivity contribution in [2.24, 2.45) is 5.92 Å². The lowest BCUT2D eigenvalue weighted by Crippen LogP contribution is -2.33. The van der Waals surface area contributed by atoms with Gasteiger partial charge in [-0.05, 0) is 61.4 Å². The fourth-order valence-corrected chi connectivity index (χ4v) is 3.33. The zero-order chi connectivity index (χ0) is 17.2. The third-order valence-corrected chi connectivity index (χ3v) is 4.93. The first-order valence-corrected chi connectivity index (χ1v) is 8.81. The zero-order valence-electron chi connectivity index (χ0n) is 14.0. The summed E-state index contributed by atoms with van der Waals surface area (Å²) in [5, 5.41) is 11.1. The molecule has 1 aliphatic carbocycles. The fraction of sp³-hybridized carbons (Fsp3) is 0.421. The monoisotopic (exact) mass is 340 g/mol. The molecule has 1 atom stereocenters. The molecule has 0 radical (unpaired) electrons. The van der Waals surface area contributed by atoms with Gasteiger partial charge in [-0.15, -0.1) is 5.10 Å². The number of anilines is 1. The van der Waals surface area contributed by atoms with Crippen molar-refractivity contribution >= 4 is 11.8 Å². The first-order chi connectivity index (χ1) is 12.2. The summed E-state index contributed by atoms with van der Waals surface area (Å²) in [5.74, 6) is 1.24. The number of carbonyl (C=O) groups excluding carboxylic acids is 1. The summed E-state index contributed by atoms with van der Waals surface area (Å²) in [6.07, 6.45) is 4.18. The first kappa shape index (κ1) is 16.0. The van der Waals surface area contributed by atoms with Crippen molar-refractivity contribution in [2.75, 3.05) is 18.4 Å². The quantitative estimate of drug-likeness (QED) is 0.925. The predicted molar refractivity (Wildman–Crippen MR) is 92.8 cm³/mol. The number of amides is 2. The van der Waals surface area contributed by atoms with E-state index in [4.69, 9.17) is 0 Å².